The molecular weight excluding hydrogens is 332 g/mol. The van der Waals surface area contributed by atoms with Gasteiger partial charge in [-0.05, 0) is 76.0 Å². The molecule has 1 atom stereocenters. The van der Waals surface area contributed by atoms with E-state index in [1.165, 1.54) is 56.6 Å². The molecule has 0 amide bonds. The van der Waals surface area contributed by atoms with Crippen LogP contribution in [0, 0.1) is 17.2 Å². The zero-order chi connectivity index (χ0) is 19.3. The van der Waals surface area contributed by atoms with Gasteiger partial charge in [0.05, 0.1) is 12.0 Å². The lowest BCUT2D eigenvalue weighted by Crippen LogP contribution is -2.29. The highest BCUT2D eigenvalue weighted by Gasteiger charge is 2.12. The number of nitrogens with one attached hydrogen (secondary N) is 1. The van der Waals surface area contributed by atoms with Crippen molar-refractivity contribution < 1.29 is 0 Å². The van der Waals surface area contributed by atoms with E-state index in [1.54, 1.807) is 0 Å². The quantitative estimate of drug-likeness (QED) is 0.511. The minimum atomic E-state index is 0.0497. The Morgan fingerprint density at radius 3 is 2.37 bits per heavy atom. The fourth-order valence-corrected chi connectivity index (χ4v) is 3.70. The highest BCUT2D eigenvalue weighted by molar-refractivity contribution is 5.27. The van der Waals surface area contributed by atoms with Crippen LogP contribution in [-0.4, -0.2) is 47.5 Å². The highest BCUT2D eigenvalue weighted by atomic mass is 15.1. The van der Waals surface area contributed by atoms with Crippen molar-refractivity contribution in [3.8, 4) is 6.07 Å². The number of rotatable bonds is 13. The Kier molecular flexibility index (Phi) is 9.97. The molecule has 148 valence electrons. The smallest absolute Gasteiger partial charge is 0.0700 e. The highest BCUT2D eigenvalue weighted by Crippen LogP contribution is 2.17. The van der Waals surface area contributed by atoms with E-state index in [0.717, 1.165) is 26.1 Å². The molecule has 1 aromatic rings. The van der Waals surface area contributed by atoms with E-state index in [1.807, 2.05) is 6.20 Å². The molecule has 1 unspecified atom stereocenters. The van der Waals surface area contributed by atoms with Gasteiger partial charge in [-0.15, -0.1) is 0 Å². The number of unbranched alkanes of at least 4 members (excludes halogenated alkanes) is 1. The summed E-state index contributed by atoms with van der Waals surface area (Å²) >= 11 is 0. The first-order valence-electron chi connectivity index (χ1n) is 10.6. The number of aromatic amines is 1. The summed E-state index contributed by atoms with van der Waals surface area (Å²) in [5.74, 6) is 0.0497. The molecule has 0 bridgehead atoms. The average Bonchev–Trinajstić information content (AvgIpc) is 3.19. The van der Waals surface area contributed by atoms with Crippen LogP contribution in [0.15, 0.2) is 42.1 Å². The van der Waals surface area contributed by atoms with Crippen molar-refractivity contribution in [2.45, 2.75) is 52.5 Å². The van der Waals surface area contributed by atoms with Crippen LogP contribution in [0.5, 0.6) is 0 Å². The number of aromatic nitrogens is 1. The molecule has 1 N–H and O–H groups in total. The van der Waals surface area contributed by atoms with Gasteiger partial charge in [0.1, 0.15) is 0 Å². The van der Waals surface area contributed by atoms with E-state index in [0.29, 0.717) is 0 Å². The zero-order valence-corrected chi connectivity index (χ0v) is 17.2. The molecule has 0 radical (unpaired) electrons. The van der Waals surface area contributed by atoms with Gasteiger partial charge in [-0.2, -0.15) is 5.26 Å². The molecule has 0 spiro atoms. The predicted octanol–water partition coefficient (Wildman–Crippen LogP) is 4.74. The van der Waals surface area contributed by atoms with Crippen molar-refractivity contribution in [1.82, 2.24) is 14.8 Å². The van der Waals surface area contributed by atoms with Gasteiger partial charge in [-0.1, -0.05) is 32.1 Å². The molecule has 1 aliphatic carbocycles. The SMILES string of the molecule is CCCN(CCC)CCCCN(CC1=CCC(C#N)C=C1)Cc1ccc[nH]1. The Morgan fingerprint density at radius 1 is 1.07 bits per heavy atom. The predicted molar refractivity (Wildman–Crippen MR) is 113 cm³/mol. The van der Waals surface area contributed by atoms with E-state index >= 15 is 0 Å². The number of nitrogens with zero attached hydrogens (tertiary/aromatic N) is 3. The van der Waals surface area contributed by atoms with Gasteiger partial charge in [-0.3, -0.25) is 4.90 Å². The van der Waals surface area contributed by atoms with Crippen LogP contribution < -0.4 is 0 Å². The van der Waals surface area contributed by atoms with Crippen LogP contribution in [0.25, 0.3) is 0 Å². The molecule has 0 aliphatic heterocycles. The summed E-state index contributed by atoms with van der Waals surface area (Å²) in [4.78, 5) is 8.46. The minimum Gasteiger partial charge on any atom is -0.364 e. The summed E-state index contributed by atoms with van der Waals surface area (Å²) in [6, 6.07) is 6.56. The van der Waals surface area contributed by atoms with E-state index in [4.69, 9.17) is 5.26 Å². The van der Waals surface area contributed by atoms with Crippen molar-refractivity contribution in [1.29, 1.82) is 5.26 Å². The molecular formula is C23H36N4. The molecule has 4 nitrogen and oxygen atoms in total. The standard InChI is InChI=1S/C23H36N4/c1-3-14-26(15-4-2)16-5-6-17-27(20-23-8-7-13-25-23)19-22-11-9-21(18-24)10-12-22/h7-9,11-13,21,25H,3-6,10,14-17,19-20H2,1-2H3. The van der Waals surface area contributed by atoms with Gasteiger partial charge < -0.3 is 9.88 Å². The third kappa shape index (κ3) is 8.15. The van der Waals surface area contributed by atoms with Gasteiger partial charge >= 0.3 is 0 Å². The monoisotopic (exact) mass is 368 g/mol. The van der Waals surface area contributed by atoms with Crippen LogP contribution >= 0.6 is 0 Å². The lowest BCUT2D eigenvalue weighted by molar-refractivity contribution is 0.245. The van der Waals surface area contributed by atoms with Crippen LogP contribution in [0.4, 0.5) is 0 Å². The number of nitriles is 1. The fraction of sp³-hybridized carbons (Fsp3) is 0.609. The Hall–Kier alpha value is -1.83. The topological polar surface area (TPSA) is 46.1 Å². The molecule has 0 fully saturated rings. The van der Waals surface area contributed by atoms with Gasteiger partial charge in [0.25, 0.3) is 0 Å². The van der Waals surface area contributed by atoms with E-state index in [9.17, 15) is 0 Å². The summed E-state index contributed by atoms with van der Waals surface area (Å²) in [6.07, 6.45) is 14.2. The maximum Gasteiger partial charge on any atom is 0.0700 e. The lowest BCUT2D eigenvalue weighted by Gasteiger charge is -2.25. The maximum atomic E-state index is 9.05. The summed E-state index contributed by atoms with van der Waals surface area (Å²) in [6.45, 7) is 11.2. The Labute approximate surface area is 165 Å². The van der Waals surface area contributed by atoms with Crippen LogP contribution in [-0.2, 0) is 6.54 Å². The molecule has 2 rings (SSSR count). The largest absolute Gasteiger partial charge is 0.364 e. The molecule has 1 aliphatic rings. The minimum absolute atomic E-state index is 0.0497. The van der Waals surface area contributed by atoms with Crippen LogP contribution in [0.1, 0.15) is 51.6 Å². The molecule has 0 saturated carbocycles. The average molecular weight is 369 g/mol. The van der Waals surface area contributed by atoms with E-state index in [2.05, 4.69) is 65.1 Å². The Balaban J connectivity index is 1.82. The van der Waals surface area contributed by atoms with Gasteiger partial charge in [-0.25, -0.2) is 0 Å². The number of H-pyrrole nitrogens is 1. The molecule has 4 heteroatoms. The molecule has 27 heavy (non-hydrogen) atoms. The van der Waals surface area contributed by atoms with Crippen molar-refractivity contribution >= 4 is 0 Å². The van der Waals surface area contributed by atoms with Crippen molar-refractivity contribution in [2.75, 3.05) is 32.7 Å². The second kappa shape index (κ2) is 12.5. The van der Waals surface area contributed by atoms with Crippen molar-refractivity contribution in [3.05, 3.63) is 47.8 Å². The summed E-state index contributed by atoms with van der Waals surface area (Å²) in [5, 5.41) is 9.05. The fourth-order valence-electron chi connectivity index (χ4n) is 3.70. The first kappa shape index (κ1) is 21.5. The molecule has 1 aromatic heterocycles. The van der Waals surface area contributed by atoms with Crippen LogP contribution in [0.2, 0.25) is 0 Å². The normalized spacial score (nSPS) is 16.7. The lowest BCUT2D eigenvalue weighted by atomic mass is 9.98. The number of allylic oxidation sites excluding steroid dienone is 2. The zero-order valence-electron chi connectivity index (χ0n) is 17.2. The Morgan fingerprint density at radius 2 is 1.81 bits per heavy atom. The van der Waals surface area contributed by atoms with Crippen molar-refractivity contribution in [2.24, 2.45) is 5.92 Å². The van der Waals surface area contributed by atoms with Gasteiger partial charge in [0.2, 0.25) is 0 Å². The molecule has 1 heterocycles. The first-order valence-corrected chi connectivity index (χ1v) is 10.6. The number of hydrogen-bond acceptors (Lipinski definition) is 3. The van der Waals surface area contributed by atoms with Gasteiger partial charge in [0, 0.05) is 25.0 Å². The van der Waals surface area contributed by atoms with Crippen LogP contribution in [0.3, 0.4) is 0 Å². The molecule has 0 saturated heterocycles. The second-order valence-corrected chi connectivity index (χ2v) is 7.56. The summed E-state index contributed by atoms with van der Waals surface area (Å²) < 4.78 is 0. The molecule has 0 aromatic carbocycles. The summed E-state index contributed by atoms with van der Waals surface area (Å²) in [5.41, 5.74) is 2.61. The van der Waals surface area contributed by atoms with E-state index < -0.39 is 0 Å². The number of hydrogen-bond donors (Lipinski definition) is 1. The first-order chi connectivity index (χ1) is 13.2. The third-order valence-corrected chi connectivity index (χ3v) is 5.08. The summed E-state index contributed by atoms with van der Waals surface area (Å²) in [7, 11) is 0. The maximum absolute atomic E-state index is 9.05. The second-order valence-electron chi connectivity index (χ2n) is 7.56. The third-order valence-electron chi connectivity index (χ3n) is 5.08. The van der Waals surface area contributed by atoms with E-state index in [-0.39, 0.29) is 5.92 Å². The van der Waals surface area contributed by atoms with Crippen molar-refractivity contribution in [3.63, 3.8) is 0 Å². The van der Waals surface area contributed by atoms with Gasteiger partial charge in [0.15, 0.2) is 0 Å². The Bertz CT molecular complexity index is 603.